The Morgan fingerprint density at radius 3 is 2.82 bits per heavy atom. The summed E-state index contributed by atoms with van der Waals surface area (Å²) in [6, 6.07) is 3.50. The molecule has 0 aromatic carbocycles. The monoisotopic (exact) mass is 252 g/mol. The van der Waals surface area contributed by atoms with Crippen molar-refractivity contribution in [3.63, 3.8) is 0 Å². The van der Waals surface area contributed by atoms with Crippen molar-refractivity contribution in [3.05, 3.63) is 23.1 Å². The topological polar surface area (TPSA) is 92.4 Å². The van der Waals surface area contributed by atoms with E-state index in [-0.39, 0.29) is 17.1 Å². The van der Waals surface area contributed by atoms with Gasteiger partial charge in [-0.15, -0.1) is 11.3 Å². The summed E-state index contributed by atoms with van der Waals surface area (Å²) in [5.41, 5.74) is 0.0823. The number of aromatic carboxylic acids is 1. The van der Waals surface area contributed by atoms with Gasteiger partial charge in [0, 0.05) is 6.92 Å². The minimum atomic E-state index is -1.20. The lowest BCUT2D eigenvalue weighted by molar-refractivity contribution is -0.114. The van der Waals surface area contributed by atoms with Crippen LogP contribution >= 0.6 is 11.3 Å². The lowest BCUT2D eigenvalue weighted by atomic mass is 10.2. The Kier molecular flexibility index (Phi) is 2.92. The van der Waals surface area contributed by atoms with Crippen LogP contribution in [-0.2, 0) is 4.79 Å². The summed E-state index contributed by atoms with van der Waals surface area (Å²) in [7, 11) is 0. The molecule has 0 fully saturated rings. The summed E-state index contributed by atoms with van der Waals surface area (Å²) >= 11 is 1.34. The summed E-state index contributed by atoms with van der Waals surface area (Å²) < 4.78 is 4.84. The molecule has 2 aromatic heterocycles. The number of thiophene rings is 1. The average Bonchev–Trinajstić information content (AvgIpc) is 2.82. The van der Waals surface area contributed by atoms with E-state index in [1.807, 2.05) is 0 Å². The van der Waals surface area contributed by atoms with Gasteiger partial charge in [-0.3, -0.25) is 10.1 Å². The van der Waals surface area contributed by atoms with E-state index in [1.165, 1.54) is 18.3 Å². The van der Waals surface area contributed by atoms with Crippen molar-refractivity contribution >= 4 is 29.1 Å². The minimum absolute atomic E-state index is 0.136. The number of rotatable bonds is 3. The number of amides is 1. The second kappa shape index (κ2) is 4.38. The van der Waals surface area contributed by atoms with Crippen molar-refractivity contribution in [2.75, 3.05) is 5.32 Å². The van der Waals surface area contributed by atoms with Crippen LogP contribution in [0.25, 0.3) is 10.6 Å². The van der Waals surface area contributed by atoms with Crippen molar-refractivity contribution < 1.29 is 19.2 Å². The Hall–Kier alpha value is -2.15. The fourth-order valence-corrected chi connectivity index (χ4v) is 2.03. The van der Waals surface area contributed by atoms with Gasteiger partial charge in [0.2, 0.25) is 11.8 Å². The van der Waals surface area contributed by atoms with Crippen molar-refractivity contribution in [1.29, 1.82) is 0 Å². The molecular formula is C10H8N2O4S. The molecule has 0 aliphatic carbocycles. The quantitative estimate of drug-likeness (QED) is 0.872. The van der Waals surface area contributed by atoms with Crippen LogP contribution in [0.3, 0.4) is 0 Å². The van der Waals surface area contributed by atoms with Gasteiger partial charge in [-0.2, -0.15) is 0 Å². The number of aromatic nitrogens is 1. The van der Waals surface area contributed by atoms with E-state index in [0.717, 1.165) is 0 Å². The van der Waals surface area contributed by atoms with Gasteiger partial charge in [0.1, 0.15) is 5.69 Å². The first-order chi connectivity index (χ1) is 8.09. The zero-order valence-electron chi connectivity index (χ0n) is 8.76. The molecule has 2 rings (SSSR count). The Morgan fingerprint density at radius 1 is 1.53 bits per heavy atom. The first-order valence-electron chi connectivity index (χ1n) is 4.64. The van der Waals surface area contributed by atoms with Gasteiger partial charge in [0.15, 0.2) is 5.56 Å². The van der Waals surface area contributed by atoms with E-state index < -0.39 is 11.9 Å². The number of nitrogens with zero attached hydrogens (tertiary/aromatic N) is 1. The van der Waals surface area contributed by atoms with E-state index in [2.05, 4.69) is 10.5 Å². The normalized spacial score (nSPS) is 10.2. The molecule has 88 valence electrons. The lowest BCUT2D eigenvalue weighted by Gasteiger charge is -1.97. The Balaban J connectivity index is 2.51. The number of carbonyl (C=O) groups excluding carboxylic acids is 1. The van der Waals surface area contributed by atoms with Crippen LogP contribution in [0.5, 0.6) is 0 Å². The Labute approximate surface area is 99.9 Å². The third-order valence-electron chi connectivity index (χ3n) is 1.95. The van der Waals surface area contributed by atoms with Gasteiger partial charge in [-0.05, 0) is 11.4 Å². The summed E-state index contributed by atoms with van der Waals surface area (Å²) in [4.78, 5) is 22.7. The first-order valence-corrected chi connectivity index (χ1v) is 5.52. The number of hydrogen-bond acceptors (Lipinski definition) is 5. The predicted molar refractivity (Wildman–Crippen MR) is 61.1 cm³/mol. The number of carboxylic acids is 1. The SMILES string of the molecule is CC(=O)Nc1onc(-c2cccs2)c1C(=O)O. The number of nitrogens with one attached hydrogen (secondary N) is 1. The molecular weight excluding hydrogens is 244 g/mol. The van der Waals surface area contributed by atoms with Gasteiger partial charge < -0.3 is 9.63 Å². The fraction of sp³-hybridized carbons (Fsp3) is 0.100. The zero-order chi connectivity index (χ0) is 12.4. The summed E-state index contributed by atoms with van der Waals surface area (Å²) in [6.07, 6.45) is 0. The molecule has 2 N–H and O–H groups in total. The molecule has 0 saturated carbocycles. The number of carbonyl (C=O) groups is 2. The van der Waals surface area contributed by atoms with Crippen LogP contribution in [0, 0.1) is 0 Å². The van der Waals surface area contributed by atoms with Gasteiger partial charge >= 0.3 is 5.97 Å². The van der Waals surface area contributed by atoms with Crippen LogP contribution in [-0.4, -0.2) is 22.1 Å². The highest BCUT2D eigenvalue weighted by Gasteiger charge is 2.24. The summed E-state index contributed by atoms with van der Waals surface area (Å²) in [5.74, 6) is -1.76. The molecule has 0 unspecified atom stereocenters. The maximum absolute atomic E-state index is 11.1. The smallest absolute Gasteiger partial charge is 0.343 e. The molecule has 0 bridgehead atoms. The molecule has 0 aliphatic heterocycles. The third kappa shape index (κ3) is 2.18. The molecule has 17 heavy (non-hydrogen) atoms. The second-order valence-corrected chi connectivity index (χ2v) is 4.15. The minimum Gasteiger partial charge on any atom is -0.477 e. The van der Waals surface area contributed by atoms with Gasteiger partial charge in [0.25, 0.3) is 0 Å². The van der Waals surface area contributed by atoms with Gasteiger partial charge in [-0.25, -0.2) is 4.79 Å². The molecule has 0 spiro atoms. The lowest BCUT2D eigenvalue weighted by Crippen LogP contribution is -2.09. The molecule has 0 radical (unpaired) electrons. The number of hydrogen-bond donors (Lipinski definition) is 2. The molecule has 0 saturated heterocycles. The third-order valence-corrected chi connectivity index (χ3v) is 2.83. The predicted octanol–water partition coefficient (Wildman–Crippen LogP) is 2.06. The highest BCUT2D eigenvalue weighted by Crippen LogP contribution is 2.31. The fourth-order valence-electron chi connectivity index (χ4n) is 1.32. The molecule has 2 heterocycles. The molecule has 7 heteroatoms. The van der Waals surface area contributed by atoms with E-state index in [9.17, 15) is 9.59 Å². The molecule has 0 aliphatic rings. The van der Waals surface area contributed by atoms with E-state index in [4.69, 9.17) is 9.63 Å². The van der Waals surface area contributed by atoms with Crippen molar-refractivity contribution in [2.24, 2.45) is 0 Å². The second-order valence-electron chi connectivity index (χ2n) is 3.20. The summed E-state index contributed by atoms with van der Waals surface area (Å²) in [6.45, 7) is 1.26. The van der Waals surface area contributed by atoms with Gasteiger partial charge in [-0.1, -0.05) is 11.2 Å². The zero-order valence-corrected chi connectivity index (χ0v) is 9.58. The van der Waals surface area contributed by atoms with Crippen molar-refractivity contribution in [1.82, 2.24) is 5.16 Å². The van der Waals surface area contributed by atoms with Crippen molar-refractivity contribution in [2.45, 2.75) is 6.92 Å². The van der Waals surface area contributed by atoms with E-state index in [0.29, 0.717) is 4.88 Å². The Morgan fingerprint density at radius 2 is 2.29 bits per heavy atom. The molecule has 6 nitrogen and oxygen atoms in total. The molecule has 1 amide bonds. The van der Waals surface area contributed by atoms with Crippen LogP contribution in [0.15, 0.2) is 22.0 Å². The summed E-state index contributed by atoms with van der Waals surface area (Å²) in [5, 5.41) is 16.9. The van der Waals surface area contributed by atoms with Crippen LogP contribution < -0.4 is 5.32 Å². The van der Waals surface area contributed by atoms with Crippen LogP contribution in [0.2, 0.25) is 0 Å². The van der Waals surface area contributed by atoms with Crippen LogP contribution in [0.4, 0.5) is 5.88 Å². The molecule has 0 atom stereocenters. The highest BCUT2D eigenvalue weighted by molar-refractivity contribution is 7.13. The maximum Gasteiger partial charge on any atom is 0.343 e. The average molecular weight is 252 g/mol. The largest absolute Gasteiger partial charge is 0.477 e. The standard InChI is InChI=1S/C10H8N2O4S/c1-5(13)11-9-7(10(14)15)8(12-16-9)6-3-2-4-17-6/h2-4H,1H3,(H,11,13)(H,14,15). The highest BCUT2D eigenvalue weighted by atomic mass is 32.1. The number of carboxylic acid groups (broad SMARTS) is 1. The van der Waals surface area contributed by atoms with Gasteiger partial charge in [0.05, 0.1) is 4.88 Å². The molecule has 2 aromatic rings. The Bertz CT molecular complexity index is 559. The first kappa shape index (κ1) is 11.3. The van der Waals surface area contributed by atoms with E-state index >= 15 is 0 Å². The number of anilines is 1. The van der Waals surface area contributed by atoms with Crippen LogP contribution in [0.1, 0.15) is 17.3 Å². The van der Waals surface area contributed by atoms with E-state index in [1.54, 1.807) is 17.5 Å². The maximum atomic E-state index is 11.1. The van der Waals surface area contributed by atoms with Crippen molar-refractivity contribution in [3.8, 4) is 10.6 Å².